The molecule has 0 aliphatic heterocycles. The Hall–Kier alpha value is -2.75. The molecular weight excluding hydrogens is 324 g/mol. The molecule has 3 aromatic rings. The average Bonchev–Trinajstić information content (AvgIpc) is 3.05. The van der Waals surface area contributed by atoms with Gasteiger partial charge >= 0.3 is 0 Å². The smallest absolute Gasteiger partial charge is 0.223 e. The maximum atomic E-state index is 12.4. The summed E-state index contributed by atoms with van der Waals surface area (Å²) >= 11 is 0. The highest BCUT2D eigenvalue weighted by Gasteiger charge is 2.26. The van der Waals surface area contributed by atoms with Gasteiger partial charge in [0.1, 0.15) is 5.75 Å². The third kappa shape index (κ3) is 3.19. The lowest BCUT2D eigenvalue weighted by molar-refractivity contribution is -0.127. The van der Waals surface area contributed by atoms with E-state index in [0.717, 1.165) is 24.1 Å². The molecule has 0 radical (unpaired) electrons. The van der Waals surface area contributed by atoms with Crippen molar-refractivity contribution in [2.75, 3.05) is 13.7 Å². The van der Waals surface area contributed by atoms with Crippen molar-refractivity contribution < 1.29 is 9.53 Å². The van der Waals surface area contributed by atoms with Crippen LogP contribution in [0.2, 0.25) is 0 Å². The maximum absolute atomic E-state index is 12.4. The molecule has 1 unspecified atom stereocenters. The molecule has 1 atom stereocenters. The molecule has 1 fully saturated rings. The second kappa shape index (κ2) is 7.24. The summed E-state index contributed by atoms with van der Waals surface area (Å²) in [5.74, 6) is 1.33. The number of hydrogen-bond donors (Lipinski definition) is 2. The Morgan fingerprint density at radius 3 is 2.65 bits per heavy atom. The molecule has 1 heterocycles. The lowest BCUT2D eigenvalue weighted by Gasteiger charge is -2.26. The number of aromatic nitrogens is 1. The minimum absolute atomic E-state index is 0.0982. The van der Waals surface area contributed by atoms with Gasteiger partial charge in [0.25, 0.3) is 0 Å². The number of fused-ring (bicyclic) bond motifs is 1. The largest absolute Gasteiger partial charge is 0.497 e. The highest BCUT2D eigenvalue weighted by atomic mass is 16.5. The van der Waals surface area contributed by atoms with Gasteiger partial charge in [-0.25, -0.2) is 0 Å². The first-order valence-corrected chi connectivity index (χ1v) is 9.24. The zero-order chi connectivity index (χ0) is 17.9. The summed E-state index contributed by atoms with van der Waals surface area (Å²) in [5.41, 5.74) is 3.50. The van der Waals surface area contributed by atoms with Crippen molar-refractivity contribution in [2.45, 2.75) is 25.2 Å². The van der Waals surface area contributed by atoms with Gasteiger partial charge in [0.2, 0.25) is 5.91 Å². The van der Waals surface area contributed by atoms with Crippen LogP contribution in [0.5, 0.6) is 5.75 Å². The van der Waals surface area contributed by atoms with Crippen LogP contribution in [0.1, 0.15) is 36.3 Å². The number of benzene rings is 2. The molecule has 0 bridgehead atoms. The van der Waals surface area contributed by atoms with Crippen LogP contribution in [0.25, 0.3) is 10.9 Å². The molecule has 1 saturated carbocycles. The topological polar surface area (TPSA) is 54.1 Å². The summed E-state index contributed by atoms with van der Waals surface area (Å²) in [6.45, 7) is 0.601. The number of carbonyl (C=O) groups is 1. The highest BCUT2D eigenvalue weighted by molar-refractivity contribution is 5.84. The molecule has 2 aromatic carbocycles. The molecule has 4 rings (SSSR count). The SMILES string of the molecule is COc1ccc(C(CNC(=O)C2CCC2)c2c[nH]c3ccccc23)cc1. The number of nitrogens with one attached hydrogen (secondary N) is 2. The molecule has 2 N–H and O–H groups in total. The van der Waals surface area contributed by atoms with Crippen LogP contribution in [0.15, 0.2) is 54.7 Å². The van der Waals surface area contributed by atoms with E-state index >= 15 is 0 Å². The molecule has 4 heteroatoms. The van der Waals surface area contributed by atoms with E-state index in [0.29, 0.717) is 6.54 Å². The molecule has 4 nitrogen and oxygen atoms in total. The molecule has 1 aliphatic carbocycles. The molecule has 0 saturated heterocycles. The van der Waals surface area contributed by atoms with E-state index in [2.05, 4.69) is 46.8 Å². The molecule has 1 aliphatic rings. The zero-order valence-corrected chi connectivity index (χ0v) is 15.0. The Kier molecular flexibility index (Phi) is 4.65. The zero-order valence-electron chi connectivity index (χ0n) is 15.0. The predicted octanol–water partition coefficient (Wildman–Crippen LogP) is 4.22. The van der Waals surface area contributed by atoms with Gasteiger partial charge in [-0.3, -0.25) is 4.79 Å². The number of methoxy groups -OCH3 is 1. The van der Waals surface area contributed by atoms with E-state index in [9.17, 15) is 4.79 Å². The third-order valence-corrected chi connectivity index (χ3v) is 5.47. The van der Waals surface area contributed by atoms with Crippen LogP contribution in [-0.2, 0) is 4.79 Å². The average molecular weight is 348 g/mol. The van der Waals surface area contributed by atoms with Gasteiger partial charge in [-0.05, 0) is 42.2 Å². The fourth-order valence-electron chi connectivity index (χ4n) is 3.64. The molecule has 134 valence electrons. The lowest BCUT2D eigenvalue weighted by atomic mass is 9.84. The number of rotatable bonds is 6. The number of aromatic amines is 1. The molecule has 26 heavy (non-hydrogen) atoms. The summed E-state index contributed by atoms with van der Waals surface area (Å²) in [7, 11) is 1.67. The third-order valence-electron chi connectivity index (χ3n) is 5.47. The van der Waals surface area contributed by atoms with E-state index in [1.54, 1.807) is 7.11 Å². The van der Waals surface area contributed by atoms with Crippen LogP contribution in [-0.4, -0.2) is 24.5 Å². The van der Waals surface area contributed by atoms with Gasteiger partial charge in [0.15, 0.2) is 0 Å². The van der Waals surface area contributed by atoms with Gasteiger partial charge in [-0.1, -0.05) is 36.8 Å². The Bertz CT molecular complexity index is 894. The van der Waals surface area contributed by atoms with Crippen molar-refractivity contribution >= 4 is 16.8 Å². The normalized spacial score (nSPS) is 15.4. The Balaban J connectivity index is 1.64. The van der Waals surface area contributed by atoms with Crippen molar-refractivity contribution in [1.29, 1.82) is 0 Å². The van der Waals surface area contributed by atoms with E-state index in [4.69, 9.17) is 4.74 Å². The number of hydrogen-bond acceptors (Lipinski definition) is 2. The summed E-state index contributed by atoms with van der Waals surface area (Å²) in [5, 5.41) is 4.38. The summed E-state index contributed by atoms with van der Waals surface area (Å²) in [6, 6.07) is 16.4. The standard InChI is InChI=1S/C22H24N2O2/c1-26-17-11-9-15(10-12-17)19(13-24-22(25)16-5-4-6-16)20-14-23-21-8-3-2-7-18(20)21/h2-3,7-12,14,16,19,23H,4-6,13H2,1H3,(H,24,25). The Morgan fingerprint density at radius 2 is 1.96 bits per heavy atom. The highest BCUT2D eigenvalue weighted by Crippen LogP contribution is 2.32. The van der Waals surface area contributed by atoms with E-state index in [1.807, 2.05) is 18.2 Å². The molecular formula is C22H24N2O2. The number of carbonyl (C=O) groups excluding carboxylic acids is 1. The first-order valence-electron chi connectivity index (χ1n) is 9.24. The van der Waals surface area contributed by atoms with Crippen molar-refractivity contribution in [2.24, 2.45) is 5.92 Å². The van der Waals surface area contributed by atoms with Crippen LogP contribution in [0, 0.1) is 5.92 Å². The van der Waals surface area contributed by atoms with Crippen LogP contribution in [0.4, 0.5) is 0 Å². The monoisotopic (exact) mass is 348 g/mol. The molecule has 1 aromatic heterocycles. The van der Waals surface area contributed by atoms with E-state index in [-0.39, 0.29) is 17.7 Å². The second-order valence-electron chi connectivity index (χ2n) is 6.99. The van der Waals surface area contributed by atoms with Crippen LogP contribution < -0.4 is 10.1 Å². The van der Waals surface area contributed by atoms with E-state index < -0.39 is 0 Å². The fraction of sp³-hybridized carbons (Fsp3) is 0.318. The second-order valence-corrected chi connectivity index (χ2v) is 6.99. The van der Waals surface area contributed by atoms with E-state index in [1.165, 1.54) is 22.9 Å². The van der Waals surface area contributed by atoms with Crippen molar-refractivity contribution in [3.8, 4) is 5.75 Å². The van der Waals surface area contributed by atoms with Crippen molar-refractivity contribution in [1.82, 2.24) is 10.3 Å². The van der Waals surface area contributed by atoms with Gasteiger partial charge in [-0.2, -0.15) is 0 Å². The van der Waals surface area contributed by atoms with Gasteiger partial charge in [-0.15, -0.1) is 0 Å². The minimum atomic E-state index is 0.0982. The number of para-hydroxylation sites is 1. The number of amides is 1. The van der Waals surface area contributed by atoms with Gasteiger partial charge < -0.3 is 15.0 Å². The minimum Gasteiger partial charge on any atom is -0.497 e. The number of H-pyrrole nitrogens is 1. The first-order chi connectivity index (χ1) is 12.8. The summed E-state index contributed by atoms with van der Waals surface area (Å²) in [4.78, 5) is 15.7. The van der Waals surface area contributed by atoms with Gasteiger partial charge in [0, 0.05) is 35.5 Å². The lowest BCUT2D eigenvalue weighted by Crippen LogP contribution is -2.36. The van der Waals surface area contributed by atoms with Crippen LogP contribution >= 0.6 is 0 Å². The summed E-state index contributed by atoms with van der Waals surface area (Å²) < 4.78 is 5.29. The Labute approximate surface area is 153 Å². The quantitative estimate of drug-likeness (QED) is 0.700. The Morgan fingerprint density at radius 1 is 1.19 bits per heavy atom. The number of ether oxygens (including phenoxy) is 1. The van der Waals surface area contributed by atoms with Crippen LogP contribution in [0.3, 0.4) is 0 Å². The molecule has 1 amide bonds. The molecule has 0 spiro atoms. The van der Waals surface area contributed by atoms with Gasteiger partial charge in [0.05, 0.1) is 7.11 Å². The first kappa shape index (κ1) is 16.7. The maximum Gasteiger partial charge on any atom is 0.223 e. The fourth-order valence-corrected chi connectivity index (χ4v) is 3.64. The van der Waals surface area contributed by atoms with Crippen molar-refractivity contribution in [3.63, 3.8) is 0 Å². The summed E-state index contributed by atoms with van der Waals surface area (Å²) in [6.07, 6.45) is 5.27. The predicted molar refractivity (Wildman–Crippen MR) is 103 cm³/mol. The van der Waals surface area contributed by atoms with Crippen molar-refractivity contribution in [3.05, 3.63) is 65.9 Å².